The lowest BCUT2D eigenvalue weighted by Crippen LogP contribution is -2.50. The number of phenolic OH excluding ortho intramolecular Hbond substituents is 1. The van der Waals surface area contributed by atoms with Gasteiger partial charge in [-0.05, 0) is 43.9 Å². The summed E-state index contributed by atoms with van der Waals surface area (Å²) in [4.78, 5) is 18.8. The third-order valence-corrected chi connectivity index (χ3v) is 5.44. The molecule has 29 heavy (non-hydrogen) atoms. The molecule has 0 aliphatic carbocycles. The standard InChI is InChI=1S/C21H34N4O3.HI/c1-5-15(6-2)20(27)25-11-9-17(10-12-25)24-21(22-3)23-14-16-13-18(28-4)7-8-19(16)26;/h7-8,13,15,17,26H,5-6,9-12,14H2,1-4H3,(H2,22,23,24);1H. The topological polar surface area (TPSA) is 86.2 Å². The highest BCUT2D eigenvalue weighted by molar-refractivity contribution is 14.0. The van der Waals surface area contributed by atoms with Gasteiger partial charge in [0.1, 0.15) is 11.5 Å². The molecule has 0 bridgehead atoms. The molecular formula is C21H35IN4O3. The first-order valence-corrected chi connectivity index (χ1v) is 10.1. The van der Waals surface area contributed by atoms with Crippen molar-refractivity contribution < 1.29 is 14.6 Å². The first-order valence-electron chi connectivity index (χ1n) is 10.1. The first kappa shape index (κ1) is 25.3. The molecule has 1 aliphatic rings. The zero-order chi connectivity index (χ0) is 20.5. The number of hydrogen-bond donors (Lipinski definition) is 3. The van der Waals surface area contributed by atoms with Crippen LogP contribution in [0.2, 0.25) is 0 Å². The quantitative estimate of drug-likeness (QED) is 0.294. The number of likely N-dealkylation sites (tertiary alicyclic amines) is 1. The monoisotopic (exact) mass is 518 g/mol. The predicted octanol–water partition coefficient (Wildman–Crippen LogP) is 3.11. The van der Waals surface area contributed by atoms with Crippen molar-refractivity contribution in [3.05, 3.63) is 23.8 Å². The van der Waals surface area contributed by atoms with Crippen LogP contribution in [0.3, 0.4) is 0 Å². The molecule has 1 aromatic rings. The van der Waals surface area contributed by atoms with Crippen LogP contribution in [0.4, 0.5) is 0 Å². The number of aromatic hydroxyl groups is 1. The molecular weight excluding hydrogens is 483 g/mol. The smallest absolute Gasteiger partial charge is 0.225 e. The van der Waals surface area contributed by atoms with Gasteiger partial charge >= 0.3 is 0 Å². The number of nitrogens with zero attached hydrogens (tertiary/aromatic N) is 2. The van der Waals surface area contributed by atoms with Gasteiger partial charge in [0.05, 0.1) is 7.11 Å². The Labute approximate surface area is 191 Å². The Hall–Kier alpha value is -1.71. The molecule has 1 aliphatic heterocycles. The van der Waals surface area contributed by atoms with Gasteiger partial charge in [-0.3, -0.25) is 9.79 Å². The summed E-state index contributed by atoms with van der Waals surface area (Å²) in [5.41, 5.74) is 0.743. The lowest BCUT2D eigenvalue weighted by Gasteiger charge is -2.34. The average Bonchev–Trinajstić information content (AvgIpc) is 2.73. The number of nitrogens with one attached hydrogen (secondary N) is 2. The van der Waals surface area contributed by atoms with Crippen LogP contribution < -0.4 is 15.4 Å². The summed E-state index contributed by atoms with van der Waals surface area (Å²) < 4.78 is 5.21. The van der Waals surface area contributed by atoms with Crippen LogP contribution in [0.15, 0.2) is 23.2 Å². The van der Waals surface area contributed by atoms with Crippen LogP contribution in [-0.4, -0.2) is 55.2 Å². The van der Waals surface area contributed by atoms with E-state index in [1.54, 1.807) is 32.4 Å². The van der Waals surface area contributed by atoms with Gasteiger partial charge in [-0.25, -0.2) is 0 Å². The summed E-state index contributed by atoms with van der Waals surface area (Å²) in [6.07, 6.45) is 3.61. The number of ether oxygens (including phenoxy) is 1. The number of hydrogen-bond acceptors (Lipinski definition) is 4. The third-order valence-electron chi connectivity index (χ3n) is 5.44. The summed E-state index contributed by atoms with van der Waals surface area (Å²) in [5.74, 6) is 2.05. The van der Waals surface area contributed by atoms with Crippen LogP contribution in [0, 0.1) is 5.92 Å². The van der Waals surface area contributed by atoms with Gasteiger partial charge in [-0.2, -0.15) is 0 Å². The van der Waals surface area contributed by atoms with Crippen molar-refractivity contribution in [1.29, 1.82) is 0 Å². The number of methoxy groups -OCH3 is 1. The van der Waals surface area contributed by atoms with Crippen LogP contribution in [0.1, 0.15) is 45.1 Å². The fraction of sp³-hybridized carbons (Fsp3) is 0.619. The molecule has 1 amide bonds. The van der Waals surface area contributed by atoms with Crippen molar-refractivity contribution in [2.75, 3.05) is 27.2 Å². The molecule has 0 atom stereocenters. The zero-order valence-electron chi connectivity index (χ0n) is 17.9. The summed E-state index contributed by atoms with van der Waals surface area (Å²) >= 11 is 0. The summed E-state index contributed by atoms with van der Waals surface area (Å²) in [7, 11) is 3.33. The molecule has 0 radical (unpaired) electrons. The van der Waals surface area contributed by atoms with Crippen molar-refractivity contribution in [1.82, 2.24) is 15.5 Å². The Morgan fingerprint density at radius 3 is 2.52 bits per heavy atom. The van der Waals surface area contributed by atoms with Gasteiger partial charge in [0.15, 0.2) is 5.96 Å². The summed E-state index contributed by atoms with van der Waals surface area (Å²) in [5, 5.41) is 16.7. The minimum Gasteiger partial charge on any atom is -0.508 e. The molecule has 2 rings (SSSR count). The largest absolute Gasteiger partial charge is 0.508 e. The van der Waals surface area contributed by atoms with Crippen molar-refractivity contribution in [3.63, 3.8) is 0 Å². The fourth-order valence-electron chi connectivity index (χ4n) is 3.54. The van der Waals surface area contributed by atoms with E-state index in [-0.39, 0.29) is 41.7 Å². The molecule has 0 aromatic heterocycles. The van der Waals surface area contributed by atoms with Crippen molar-refractivity contribution in [2.24, 2.45) is 10.9 Å². The number of piperidine rings is 1. The van der Waals surface area contributed by atoms with Gasteiger partial charge in [0.25, 0.3) is 0 Å². The predicted molar refractivity (Wildman–Crippen MR) is 127 cm³/mol. The van der Waals surface area contributed by atoms with Crippen LogP contribution in [0.5, 0.6) is 11.5 Å². The number of phenols is 1. The number of carbonyl (C=O) groups excluding carboxylic acids is 1. The minimum absolute atomic E-state index is 0. The van der Waals surface area contributed by atoms with E-state index < -0.39 is 0 Å². The Morgan fingerprint density at radius 1 is 1.31 bits per heavy atom. The fourth-order valence-corrected chi connectivity index (χ4v) is 3.54. The van der Waals surface area contributed by atoms with Crippen molar-refractivity contribution >= 4 is 35.8 Å². The van der Waals surface area contributed by atoms with E-state index in [4.69, 9.17) is 4.74 Å². The molecule has 0 spiro atoms. The Balaban J connectivity index is 0.00000420. The highest BCUT2D eigenvalue weighted by Gasteiger charge is 2.26. The number of halogens is 1. The molecule has 164 valence electrons. The van der Waals surface area contributed by atoms with E-state index in [9.17, 15) is 9.90 Å². The van der Waals surface area contributed by atoms with Gasteiger partial charge in [0.2, 0.25) is 5.91 Å². The Bertz CT molecular complexity index is 672. The van der Waals surface area contributed by atoms with Gasteiger partial charge in [-0.1, -0.05) is 13.8 Å². The van der Waals surface area contributed by atoms with E-state index in [0.29, 0.717) is 24.2 Å². The summed E-state index contributed by atoms with van der Waals surface area (Å²) in [6, 6.07) is 5.43. The van der Waals surface area contributed by atoms with Gasteiger partial charge in [0, 0.05) is 44.2 Å². The normalized spacial score (nSPS) is 15.1. The average molecular weight is 518 g/mol. The van der Waals surface area contributed by atoms with Gasteiger partial charge in [-0.15, -0.1) is 24.0 Å². The molecule has 7 nitrogen and oxygen atoms in total. The maximum absolute atomic E-state index is 12.5. The zero-order valence-corrected chi connectivity index (χ0v) is 20.2. The van der Waals surface area contributed by atoms with Crippen LogP contribution in [-0.2, 0) is 11.3 Å². The summed E-state index contributed by atoms with van der Waals surface area (Å²) in [6.45, 7) is 6.16. The molecule has 3 N–H and O–H groups in total. The van der Waals surface area contributed by atoms with Crippen molar-refractivity contribution in [3.8, 4) is 11.5 Å². The molecule has 0 saturated carbocycles. The number of benzene rings is 1. The highest BCUT2D eigenvalue weighted by Crippen LogP contribution is 2.22. The van der Waals surface area contributed by atoms with Gasteiger partial charge < -0.3 is 25.4 Å². The van der Waals surface area contributed by atoms with E-state index >= 15 is 0 Å². The molecule has 8 heteroatoms. The Kier molecular flexibility index (Phi) is 11.2. The van der Waals surface area contributed by atoms with E-state index in [1.165, 1.54) is 0 Å². The maximum Gasteiger partial charge on any atom is 0.225 e. The second-order valence-electron chi connectivity index (χ2n) is 7.18. The van der Waals surface area contributed by atoms with Crippen LogP contribution >= 0.6 is 24.0 Å². The lowest BCUT2D eigenvalue weighted by atomic mass is 9.98. The molecule has 1 fully saturated rings. The van der Waals surface area contributed by atoms with Crippen LogP contribution in [0.25, 0.3) is 0 Å². The highest BCUT2D eigenvalue weighted by atomic mass is 127. The molecule has 1 saturated heterocycles. The third kappa shape index (κ3) is 7.24. The molecule has 0 unspecified atom stereocenters. The SMILES string of the molecule is CCC(CC)C(=O)N1CCC(NC(=NC)NCc2cc(OC)ccc2O)CC1.I. The maximum atomic E-state index is 12.5. The minimum atomic E-state index is 0. The van der Waals surface area contributed by atoms with E-state index in [2.05, 4.69) is 29.5 Å². The number of amides is 1. The lowest BCUT2D eigenvalue weighted by molar-refractivity contribution is -0.136. The number of carbonyl (C=O) groups is 1. The van der Waals surface area contributed by atoms with E-state index in [1.807, 2.05) is 4.90 Å². The number of rotatable bonds is 7. The number of aliphatic imine (C=N–C) groups is 1. The number of guanidine groups is 1. The first-order chi connectivity index (χ1) is 13.5. The van der Waals surface area contributed by atoms with E-state index in [0.717, 1.165) is 44.3 Å². The molecule has 1 aromatic carbocycles. The Morgan fingerprint density at radius 2 is 1.97 bits per heavy atom. The second kappa shape index (κ2) is 12.8. The second-order valence-corrected chi connectivity index (χ2v) is 7.18. The molecule has 1 heterocycles. The van der Waals surface area contributed by atoms with Crippen molar-refractivity contribution in [2.45, 2.75) is 52.1 Å².